The average molecular weight is 312 g/mol. The Morgan fingerprint density at radius 1 is 1.17 bits per heavy atom. The predicted molar refractivity (Wildman–Crippen MR) is 87.7 cm³/mol. The molecule has 23 heavy (non-hydrogen) atoms. The molecule has 0 aliphatic heterocycles. The zero-order valence-electron chi connectivity index (χ0n) is 13.1. The fraction of sp³-hybridized carbons (Fsp3) is 0.222. The van der Waals surface area contributed by atoms with E-state index in [1.165, 1.54) is 12.1 Å². The van der Waals surface area contributed by atoms with Gasteiger partial charge in [-0.25, -0.2) is 9.37 Å². The van der Waals surface area contributed by atoms with Gasteiger partial charge in [0.25, 0.3) is 5.56 Å². The number of nitrogens with one attached hydrogen (secondary N) is 1. The number of nitrogens with zero attached hydrogens (tertiary/aromatic N) is 1. The summed E-state index contributed by atoms with van der Waals surface area (Å²) in [7, 11) is 0. The molecule has 0 saturated heterocycles. The highest BCUT2D eigenvalue weighted by molar-refractivity contribution is 5.82. The van der Waals surface area contributed by atoms with E-state index in [9.17, 15) is 14.3 Å². The van der Waals surface area contributed by atoms with Crippen LogP contribution in [-0.4, -0.2) is 15.1 Å². The highest BCUT2D eigenvalue weighted by Crippen LogP contribution is 2.24. The summed E-state index contributed by atoms with van der Waals surface area (Å²) in [6, 6.07) is 9.70. The van der Waals surface area contributed by atoms with Crippen molar-refractivity contribution in [2.45, 2.75) is 26.4 Å². The SMILES string of the molecule is Cc1cc(F)cc2c(=O)[nH]c(-c3ccc(C(C)(C)O)cc3)nc12. The van der Waals surface area contributed by atoms with Gasteiger partial charge in [-0.2, -0.15) is 0 Å². The topological polar surface area (TPSA) is 66.0 Å². The Hall–Kier alpha value is -2.53. The lowest BCUT2D eigenvalue weighted by molar-refractivity contribution is 0.0786. The zero-order valence-corrected chi connectivity index (χ0v) is 13.1. The summed E-state index contributed by atoms with van der Waals surface area (Å²) < 4.78 is 13.5. The number of aromatic nitrogens is 2. The maximum atomic E-state index is 13.5. The summed E-state index contributed by atoms with van der Waals surface area (Å²) in [6.45, 7) is 5.13. The lowest BCUT2D eigenvalue weighted by atomic mass is 9.97. The van der Waals surface area contributed by atoms with Crippen molar-refractivity contribution in [2.24, 2.45) is 0 Å². The van der Waals surface area contributed by atoms with Crippen LogP contribution < -0.4 is 5.56 Å². The molecule has 1 heterocycles. The van der Waals surface area contributed by atoms with Crippen molar-refractivity contribution in [3.63, 3.8) is 0 Å². The van der Waals surface area contributed by atoms with Crippen molar-refractivity contribution < 1.29 is 9.50 Å². The van der Waals surface area contributed by atoms with Gasteiger partial charge in [-0.05, 0) is 44.0 Å². The van der Waals surface area contributed by atoms with E-state index < -0.39 is 11.4 Å². The first-order valence-corrected chi connectivity index (χ1v) is 7.29. The second-order valence-corrected chi connectivity index (χ2v) is 6.17. The van der Waals surface area contributed by atoms with Crippen LogP contribution in [0.4, 0.5) is 4.39 Å². The Labute approximate surface area is 132 Å². The van der Waals surface area contributed by atoms with Gasteiger partial charge >= 0.3 is 0 Å². The molecule has 0 aliphatic rings. The molecule has 0 unspecified atom stereocenters. The first-order chi connectivity index (χ1) is 10.8. The molecule has 4 nitrogen and oxygen atoms in total. The third-order valence-corrected chi connectivity index (χ3v) is 3.83. The number of aryl methyl sites for hydroxylation is 1. The lowest BCUT2D eigenvalue weighted by Gasteiger charge is -2.17. The number of hydrogen-bond acceptors (Lipinski definition) is 3. The average Bonchev–Trinajstić information content (AvgIpc) is 2.47. The molecule has 0 aliphatic carbocycles. The van der Waals surface area contributed by atoms with E-state index in [0.29, 0.717) is 16.9 Å². The highest BCUT2D eigenvalue weighted by Gasteiger charge is 2.16. The molecule has 118 valence electrons. The number of hydrogen-bond donors (Lipinski definition) is 2. The van der Waals surface area contributed by atoms with Crippen LogP contribution >= 0.6 is 0 Å². The summed E-state index contributed by atoms with van der Waals surface area (Å²) in [5, 5.41) is 10.2. The highest BCUT2D eigenvalue weighted by atomic mass is 19.1. The number of aromatic amines is 1. The van der Waals surface area contributed by atoms with Crippen molar-refractivity contribution in [3.8, 4) is 11.4 Å². The van der Waals surface area contributed by atoms with Crippen LogP contribution in [0.15, 0.2) is 41.2 Å². The van der Waals surface area contributed by atoms with Gasteiger partial charge in [0.05, 0.1) is 16.5 Å². The molecule has 2 N–H and O–H groups in total. The van der Waals surface area contributed by atoms with Crippen molar-refractivity contribution in [3.05, 3.63) is 63.7 Å². The largest absolute Gasteiger partial charge is 0.386 e. The van der Waals surface area contributed by atoms with Gasteiger partial charge in [0.2, 0.25) is 0 Å². The molecule has 0 fully saturated rings. The van der Waals surface area contributed by atoms with Gasteiger partial charge in [-0.15, -0.1) is 0 Å². The van der Waals surface area contributed by atoms with Crippen LogP contribution in [-0.2, 0) is 5.60 Å². The third kappa shape index (κ3) is 2.87. The standard InChI is InChI=1S/C18H17FN2O2/c1-10-8-13(19)9-14-15(10)20-16(21-17(14)22)11-4-6-12(7-5-11)18(2,3)23/h4-9,23H,1-3H3,(H,20,21,22). The Kier molecular flexibility index (Phi) is 3.53. The van der Waals surface area contributed by atoms with Crippen LogP contribution in [0.25, 0.3) is 22.3 Å². The number of benzene rings is 2. The molecular formula is C18H17FN2O2. The Morgan fingerprint density at radius 2 is 1.83 bits per heavy atom. The van der Waals surface area contributed by atoms with Crippen LogP contribution in [0.2, 0.25) is 0 Å². The van der Waals surface area contributed by atoms with E-state index in [-0.39, 0.29) is 10.9 Å². The monoisotopic (exact) mass is 312 g/mol. The van der Waals surface area contributed by atoms with Gasteiger partial charge in [0, 0.05) is 5.56 Å². The van der Waals surface area contributed by atoms with Gasteiger partial charge < -0.3 is 10.1 Å². The maximum Gasteiger partial charge on any atom is 0.259 e. The van der Waals surface area contributed by atoms with Gasteiger partial charge in [-0.3, -0.25) is 4.79 Å². The molecule has 0 radical (unpaired) electrons. The molecule has 0 bridgehead atoms. The number of halogens is 1. The molecular weight excluding hydrogens is 295 g/mol. The molecule has 0 saturated carbocycles. The minimum Gasteiger partial charge on any atom is -0.386 e. The van der Waals surface area contributed by atoms with Crippen LogP contribution in [0, 0.1) is 12.7 Å². The summed E-state index contributed by atoms with van der Waals surface area (Å²) >= 11 is 0. The van der Waals surface area contributed by atoms with E-state index in [1.807, 2.05) is 0 Å². The molecule has 3 rings (SSSR count). The van der Waals surface area contributed by atoms with Crippen molar-refractivity contribution in [1.29, 1.82) is 0 Å². The Bertz CT molecular complexity index is 938. The van der Waals surface area contributed by atoms with Crippen LogP contribution in [0.3, 0.4) is 0 Å². The van der Waals surface area contributed by atoms with Crippen molar-refractivity contribution in [1.82, 2.24) is 9.97 Å². The molecule has 2 aromatic carbocycles. The van der Waals surface area contributed by atoms with E-state index in [2.05, 4.69) is 9.97 Å². The minimum absolute atomic E-state index is 0.236. The fourth-order valence-electron chi connectivity index (χ4n) is 2.54. The smallest absolute Gasteiger partial charge is 0.259 e. The molecule has 0 spiro atoms. The van der Waals surface area contributed by atoms with Crippen LogP contribution in [0.1, 0.15) is 25.0 Å². The minimum atomic E-state index is -0.934. The molecule has 5 heteroatoms. The van der Waals surface area contributed by atoms with Gasteiger partial charge in [0.1, 0.15) is 11.6 Å². The summed E-state index contributed by atoms with van der Waals surface area (Å²) in [6.07, 6.45) is 0. The Balaban J connectivity index is 2.16. The van der Waals surface area contributed by atoms with Crippen molar-refractivity contribution in [2.75, 3.05) is 0 Å². The normalized spacial score (nSPS) is 11.9. The van der Waals surface area contributed by atoms with Crippen LogP contribution in [0.5, 0.6) is 0 Å². The van der Waals surface area contributed by atoms with Gasteiger partial charge in [0.15, 0.2) is 0 Å². The first-order valence-electron chi connectivity index (χ1n) is 7.29. The molecule has 0 atom stereocenters. The molecule has 0 amide bonds. The Morgan fingerprint density at radius 3 is 2.43 bits per heavy atom. The van der Waals surface area contributed by atoms with E-state index in [4.69, 9.17) is 0 Å². The van der Waals surface area contributed by atoms with Gasteiger partial charge in [-0.1, -0.05) is 24.3 Å². The maximum absolute atomic E-state index is 13.5. The second-order valence-electron chi connectivity index (χ2n) is 6.17. The number of aliphatic hydroxyl groups is 1. The first kappa shape index (κ1) is 15.4. The lowest BCUT2D eigenvalue weighted by Crippen LogP contribution is -2.15. The van der Waals surface area contributed by atoms with E-state index >= 15 is 0 Å². The summed E-state index contributed by atoms with van der Waals surface area (Å²) in [5.74, 6) is -0.0379. The predicted octanol–water partition coefficient (Wildman–Crippen LogP) is 3.27. The molecule has 1 aromatic heterocycles. The zero-order chi connectivity index (χ0) is 16.8. The fourth-order valence-corrected chi connectivity index (χ4v) is 2.54. The third-order valence-electron chi connectivity index (χ3n) is 3.83. The second kappa shape index (κ2) is 5.28. The number of H-pyrrole nitrogens is 1. The quantitative estimate of drug-likeness (QED) is 0.763. The number of fused-ring (bicyclic) bond motifs is 1. The van der Waals surface area contributed by atoms with E-state index in [1.54, 1.807) is 45.0 Å². The molecule has 3 aromatic rings. The summed E-state index contributed by atoms with van der Waals surface area (Å²) in [4.78, 5) is 19.3. The number of rotatable bonds is 2. The van der Waals surface area contributed by atoms with E-state index in [0.717, 1.165) is 11.1 Å². The summed E-state index contributed by atoms with van der Waals surface area (Å²) in [5.41, 5.74) is 1.27. The van der Waals surface area contributed by atoms with Crippen molar-refractivity contribution >= 4 is 10.9 Å².